The van der Waals surface area contributed by atoms with E-state index >= 15 is 0 Å². The van der Waals surface area contributed by atoms with Crippen molar-refractivity contribution in [2.45, 2.75) is 11.1 Å². The minimum absolute atomic E-state index is 0.135. The second kappa shape index (κ2) is 5.92. The van der Waals surface area contributed by atoms with Gasteiger partial charge in [-0.05, 0) is 12.1 Å². The Bertz CT molecular complexity index is 781. The summed E-state index contributed by atoms with van der Waals surface area (Å²) in [5.41, 5.74) is -1.13. The van der Waals surface area contributed by atoms with Crippen LogP contribution in [0.25, 0.3) is 0 Å². The number of benzene rings is 2. The molecule has 2 rings (SSSR count). The van der Waals surface area contributed by atoms with E-state index < -0.39 is 38.0 Å². The summed E-state index contributed by atoms with van der Waals surface area (Å²) in [4.78, 5) is 11.1. The molecule has 0 N–H and O–H groups in total. The van der Waals surface area contributed by atoms with Gasteiger partial charge in [0.15, 0.2) is 15.6 Å². The lowest BCUT2D eigenvalue weighted by Gasteiger charge is -2.12. The van der Waals surface area contributed by atoms with Crippen LogP contribution in [0.3, 0.4) is 0 Å². The van der Waals surface area contributed by atoms with Crippen LogP contribution in [-0.4, -0.2) is 20.0 Å². The summed E-state index contributed by atoms with van der Waals surface area (Å²) in [5.74, 6) is -1.76. The number of carbonyl (C=O) groups is 1. The zero-order valence-electron chi connectivity index (χ0n) is 11.2. The van der Waals surface area contributed by atoms with Crippen LogP contribution in [0.15, 0.2) is 59.5 Å². The van der Waals surface area contributed by atoms with E-state index in [0.29, 0.717) is 6.07 Å². The van der Waals surface area contributed by atoms with E-state index in [9.17, 15) is 26.4 Å². The average Bonchev–Trinajstić information content (AvgIpc) is 2.47. The first kappa shape index (κ1) is 16.2. The normalized spacial score (nSPS) is 12.1. The molecule has 22 heavy (non-hydrogen) atoms. The topological polar surface area (TPSA) is 51.2 Å². The van der Waals surface area contributed by atoms with E-state index in [1.807, 2.05) is 0 Å². The molecule has 2 aromatic rings. The Hall–Kier alpha value is -2.15. The molecule has 116 valence electrons. The molecule has 0 unspecified atom stereocenters. The molecule has 0 saturated heterocycles. The maximum atomic E-state index is 12.9. The Morgan fingerprint density at radius 1 is 0.909 bits per heavy atom. The standard InChI is InChI=1S/C15H11F3O3S/c16-15(17,18)12-8-4-5-9-14(12)22(20,21)10-13(19)11-6-2-1-3-7-11/h1-9H,10H2. The number of sulfone groups is 1. The number of hydrogen-bond donors (Lipinski definition) is 0. The van der Waals surface area contributed by atoms with Crippen molar-refractivity contribution in [1.82, 2.24) is 0 Å². The Balaban J connectivity index is 2.39. The summed E-state index contributed by atoms with van der Waals surface area (Å²) in [6.45, 7) is 0. The first-order chi connectivity index (χ1) is 10.2. The lowest BCUT2D eigenvalue weighted by molar-refractivity contribution is -0.139. The number of alkyl halides is 3. The Morgan fingerprint density at radius 2 is 1.45 bits per heavy atom. The van der Waals surface area contributed by atoms with Gasteiger partial charge in [0.25, 0.3) is 0 Å². The van der Waals surface area contributed by atoms with Crippen molar-refractivity contribution in [3.8, 4) is 0 Å². The molecule has 0 aliphatic heterocycles. The summed E-state index contributed by atoms with van der Waals surface area (Å²) in [5, 5.41) is 0. The van der Waals surface area contributed by atoms with Gasteiger partial charge in [-0.25, -0.2) is 8.42 Å². The highest BCUT2D eigenvalue weighted by Gasteiger charge is 2.37. The van der Waals surface area contributed by atoms with Crippen LogP contribution in [0.5, 0.6) is 0 Å². The SMILES string of the molecule is O=C(CS(=O)(=O)c1ccccc1C(F)(F)F)c1ccccc1. The second-order valence-corrected chi connectivity index (χ2v) is 6.50. The summed E-state index contributed by atoms with van der Waals surface area (Å²) in [6, 6.07) is 11.4. The van der Waals surface area contributed by atoms with Crippen LogP contribution in [0.1, 0.15) is 15.9 Å². The quantitative estimate of drug-likeness (QED) is 0.809. The van der Waals surface area contributed by atoms with Gasteiger partial charge < -0.3 is 0 Å². The van der Waals surface area contributed by atoms with Gasteiger partial charge in [-0.2, -0.15) is 13.2 Å². The fourth-order valence-corrected chi connectivity index (χ4v) is 3.40. The molecule has 0 fully saturated rings. The van der Waals surface area contributed by atoms with Crippen molar-refractivity contribution in [2.75, 3.05) is 5.75 Å². The van der Waals surface area contributed by atoms with Crippen molar-refractivity contribution in [3.05, 3.63) is 65.7 Å². The average molecular weight is 328 g/mol. The zero-order valence-corrected chi connectivity index (χ0v) is 12.0. The molecule has 3 nitrogen and oxygen atoms in total. The molecule has 2 aromatic carbocycles. The molecule has 0 aliphatic carbocycles. The highest BCUT2D eigenvalue weighted by atomic mass is 32.2. The van der Waals surface area contributed by atoms with Gasteiger partial charge in [0.05, 0.1) is 10.5 Å². The lowest BCUT2D eigenvalue weighted by atomic mass is 10.2. The van der Waals surface area contributed by atoms with Gasteiger partial charge in [0.2, 0.25) is 0 Å². The van der Waals surface area contributed by atoms with E-state index in [2.05, 4.69) is 0 Å². The smallest absolute Gasteiger partial charge is 0.293 e. The molecule has 0 atom stereocenters. The number of carbonyl (C=O) groups excluding carboxylic acids is 1. The summed E-state index contributed by atoms with van der Waals surface area (Å²) < 4.78 is 63.0. The molecule has 0 saturated carbocycles. The van der Waals surface area contributed by atoms with Gasteiger partial charge >= 0.3 is 6.18 Å². The summed E-state index contributed by atoms with van der Waals surface area (Å²) >= 11 is 0. The fourth-order valence-electron chi connectivity index (χ4n) is 1.93. The fraction of sp³-hybridized carbons (Fsp3) is 0.133. The van der Waals surface area contributed by atoms with Crippen LogP contribution in [0.2, 0.25) is 0 Å². The molecule has 0 aromatic heterocycles. The van der Waals surface area contributed by atoms with Gasteiger partial charge in [-0.3, -0.25) is 4.79 Å². The third-order valence-corrected chi connectivity index (χ3v) is 4.61. The van der Waals surface area contributed by atoms with E-state index in [1.54, 1.807) is 18.2 Å². The maximum Gasteiger partial charge on any atom is 0.417 e. The highest BCUT2D eigenvalue weighted by Crippen LogP contribution is 2.34. The van der Waals surface area contributed by atoms with Gasteiger partial charge in [-0.1, -0.05) is 42.5 Å². The minimum Gasteiger partial charge on any atom is -0.293 e. The van der Waals surface area contributed by atoms with Crippen molar-refractivity contribution in [1.29, 1.82) is 0 Å². The third-order valence-electron chi connectivity index (χ3n) is 2.94. The number of ketones is 1. The van der Waals surface area contributed by atoms with Gasteiger partial charge in [-0.15, -0.1) is 0 Å². The Labute approximate surface area is 125 Å². The van der Waals surface area contributed by atoms with E-state index in [0.717, 1.165) is 12.1 Å². The van der Waals surface area contributed by atoms with Crippen LogP contribution >= 0.6 is 0 Å². The Morgan fingerprint density at radius 3 is 2.05 bits per heavy atom. The largest absolute Gasteiger partial charge is 0.417 e. The predicted molar refractivity (Wildman–Crippen MR) is 74.3 cm³/mol. The number of hydrogen-bond acceptors (Lipinski definition) is 3. The number of Topliss-reactive ketones (excluding diaryl/α,β-unsaturated/α-hetero) is 1. The zero-order chi connectivity index (χ0) is 16.4. The van der Waals surface area contributed by atoms with Crippen molar-refractivity contribution < 1.29 is 26.4 Å². The molecule has 0 heterocycles. The summed E-state index contributed by atoms with van der Waals surface area (Å²) in [6.07, 6.45) is -4.81. The van der Waals surface area contributed by atoms with Crippen molar-refractivity contribution >= 4 is 15.6 Å². The molecule has 0 amide bonds. The first-order valence-electron chi connectivity index (χ1n) is 6.19. The molecule has 0 bridgehead atoms. The molecular formula is C15H11F3O3S. The van der Waals surface area contributed by atoms with E-state index in [4.69, 9.17) is 0 Å². The maximum absolute atomic E-state index is 12.9. The Kier molecular flexibility index (Phi) is 4.37. The highest BCUT2D eigenvalue weighted by molar-refractivity contribution is 7.92. The van der Waals surface area contributed by atoms with E-state index in [-0.39, 0.29) is 5.56 Å². The van der Waals surface area contributed by atoms with E-state index in [1.165, 1.54) is 18.2 Å². The monoisotopic (exact) mass is 328 g/mol. The van der Waals surface area contributed by atoms with Gasteiger partial charge in [0, 0.05) is 5.56 Å². The third kappa shape index (κ3) is 3.54. The molecule has 7 heteroatoms. The summed E-state index contributed by atoms with van der Waals surface area (Å²) in [7, 11) is -4.39. The molecule has 0 aliphatic rings. The van der Waals surface area contributed by atoms with Crippen molar-refractivity contribution in [3.63, 3.8) is 0 Å². The van der Waals surface area contributed by atoms with Gasteiger partial charge in [0.1, 0.15) is 5.75 Å². The van der Waals surface area contributed by atoms with Crippen LogP contribution in [0.4, 0.5) is 13.2 Å². The molecular weight excluding hydrogens is 317 g/mol. The van der Waals surface area contributed by atoms with Crippen LogP contribution in [-0.2, 0) is 16.0 Å². The molecule has 0 radical (unpaired) electrons. The number of rotatable bonds is 4. The van der Waals surface area contributed by atoms with Crippen LogP contribution in [0, 0.1) is 0 Å². The lowest BCUT2D eigenvalue weighted by Crippen LogP contribution is -2.20. The minimum atomic E-state index is -4.81. The second-order valence-electron chi connectivity index (χ2n) is 4.54. The van der Waals surface area contributed by atoms with Crippen LogP contribution < -0.4 is 0 Å². The molecule has 0 spiro atoms. The first-order valence-corrected chi connectivity index (χ1v) is 7.84. The number of halogens is 3. The predicted octanol–water partition coefficient (Wildman–Crippen LogP) is 3.36. The van der Waals surface area contributed by atoms with Crippen molar-refractivity contribution in [2.24, 2.45) is 0 Å².